The molecule has 0 aliphatic carbocycles. The lowest BCUT2D eigenvalue weighted by Gasteiger charge is -2.18. The first kappa shape index (κ1) is 61.6. The van der Waals surface area contributed by atoms with Gasteiger partial charge in [0.1, 0.15) is 13.2 Å². The van der Waals surface area contributed by atoms with Gasteiger partial charge in [-0.05, 0) is 77.0 Å². The van der Waals surface area contributed by atoms with E-state index in [1.54, 1.807) is 0 Å². The maximum absolute atomic E-state index is 12.8. The summed E-state index contributed by atoms with van der Waals surface area (Å²) >= 11 is 0. The molecule has 0 bridgehead atoms. The number of ether oxygens (including phenoxy) is 3. The molecule has 6 nitrogen and oxygen atoms in total. The van der Waals surface area contributed by atoms with E-state index in [2.05, 4.69) is 99.8 Å². The Hall–Kier alpha value is -3.41. The van der Waals surface area contributed by atoms with E-state index in [1.807, 2.05) is 6.08 Å². The predicted molar refractivity (Wildman–Crippen MR) is 279 cm³/mol. The lowest BCUT2D eigenvalue weighted by Crippen LogP contribution is -2.30. The third-order valence-corrected chi connectivity index (χ3v) is 11.4. The molecule has 0 aliphatic heterocycles. The van der Waals surface area contributed by atoms with Crippen molar-refractivity contribution in [1.82, 2.24) is 0 Å². The molecule has 0 amide bonds. The topological polar surface area (TPSA) is 78.9 Å². The van der Waals surface area contributed by atoms with Crippen molar-refractivity contribution in [1.29, 1.82) is 0 Å². The minimum Gasteiger partial charge on any atom is -0.462 e. The summed E-state index contributed by atoms with van der Waals surface area (Å²) in [5.41, 5.74) is 0. The van der Waals surface area contributed by atoms with E-state index in [0.717, 1.165) is 89.9 Å². The van der Waals surface area contributed by atoms with Gasteiger partial charge in [0, 0.05) is 19.3 Å². The summed E-state index contributed by atoms with van der Waals surface area (Å²) in [6, 6.07) is 0. The smallest absolute Gasteiger partial charge is 0.306 e. The first-order chi connectivity index (χ1) is 32.0. The lowest BCUT2D eigenvalue weighted by atomic mass is 10.0. The van der Waals surface area contributed by atoms with E-state index in [1.165, 1.54) is 116 Å². The summed E-state index contributed by atoms with van der Waals surface area (Å²) in [4.78, 5) is 38.0. The largest absolute Gasteiger partial charge is 0.462 e. The van der Waals surface area contributed by atoms with E-state index in [4.69, 9.17) is 14.2 Å². The molecular weight excluding hydrogens is 805 g/mol. The van der Waals surface area contributed by atoms with Crippen LogP contribution in [0.3, 0.4) is 0 Å². The standard InChI is InChI=1S/C59H100O6/c1-4-7-10-13-16-19-22-24-26-28-29-31-33-35-38-40-43-46-49-52-58(61)64-55-56(65-59(62)53-50-47-44-41-36-21-18-15-12-9-6-3)54-63-57(60)51-48-45-42-39-37-34-32-30-27-25-23-20-17-14-11-8-5-2/h7,10,15-16,18-19,24,26,29,31,35,38,43,46,56H,4-6,8-9,11-14,17,20-23,25,27-28,30,32-34,36-37,39-42,44-45,47-55H2,1-3H3/b10-7-,18-15-,19-16-,26-24-,31-29-,38-35-,46-43-/t56-/m0/s1. The van der Waals surface area contributed by atoms with Crippen molar-refractivity contribution >= 4 is 17.9 Å². The third-order valence-electron chi connectivity index (χ3n) is 11.4. The van der Waals surface area contributed by atoms with Gasteiger partial charge >= 0.3 is 17.9 Å². The molecule has 0 spiro atoms. The van der Waals surface area contributed by atoms with E-state index in [0.29, 0.717) is 19.3 Å². The highest BCUT2D eigenvalue weighted by Crippen LogP contribution is 2.15. The molecule has 0 fully saturated rings. The van der Waals surface area contributed by atoms with Crippen molar-refractivity contribution in [3.63, 3.8) is 0 Å². The zero-order valence-electron chi connectivity index (χ0n) is 42.5. The second-order valence-electron chi connectivity index (χ2n) is 17.8. The molecular formula is C59H100O6. The molecule has 0 unspecified atom stereocenters. The van der Waals surface area contributed by atoms with Crippen LogP contribution in [0.4, 0.5) is 0 Å². The fourth-order valence-corrected chi connectivity index (χ4v) is 7.33. The Morgan fingerprint density at radius 2 is 0.646 bits per heavy atom. The summed E-state index contributed by atoms with van der Waals surface area (Å²) < 4.78 is 16.7. The van der Waals surface area contributed by atoms with Gasteiger partial charge in [0.2, 0.25) is 0 Å². The van der Waals surface area contributed by atoms with Crippen LogP contribution in [0, 0.1) is 0 Å². The molecule has 0 rings (SSSR count). The number of carbonyl (C=O) groups excluding carboxylic acids is 3. The Kier molecular flexibility index (Phi) is 50.4. The van der Waals surface area contributed by atoms with Crippen molar-refractivity contribution in [2.24, 2.45) is 0 Å². The molecule has 1 atom stereocenters. The SMILES string of the molecule is CC/C=C\C/C=C\C/C=C\C/C=C\C/C=C\C/C=C\CCC(=O)OC[C@H](COC(=O)CCCCCCCCCCCCCCCCCCC)OC(=O)CCCCCCC/C=C\CCCC. The Morgan fingerprint density at radius 3 is 1.08 bits per heavy atom. The average molecular weight is 905 g/mol. The van der Waals surface area contributed by atoms with Gasteiger partial charge in [0.05, 0.1) is 0 Å². The number of hydrogen-bond acceptors (Lipinski definition) is 6. The summed E-state index contributed by atoms with van der Waals surface area (Å²) in [6.45, 7) is 6.42. The van der Waals surface area contributed by atoms with Crippen molar-refractivity contribution in [3.8, 4) is 0 Å². The molecule has 372 valence electrons. The number of hydrogen-bond donors (Lipinski definition) is 0. The zero-order valence-corrected chi connectivity index (χ0v) is 42.5. The zero-order chi connectivity index (χ0) is 47.2. The maximum Gasteiger partial charge on any atom is 0.306 e. The molecule has 0 aliphatic rings. The second kappa shape index (κ2) is 53.2. The Bertz CT molecular complexity index is 1270. The number of esters is 3. The third kappa shape index (κ3) is 51.4. The number of carbonyl (C=O) groups is 3. The minimum absolute atomic E-state index is 0.101. The van der Waals surface area contributed by atoms with Crippen molar-refractivity contribution in [2.75, 3.05) is 13.2 Å². The average Bonchev–Trinajstić information content (AvgIpc) is 3.30. The van der Waals surface area contributed by atoms with Gasteiger partial charge in [-0.15, -0.1) is 0 Å². The van der Waals surface area contributed by atoms with Crippen LogP contribution in [-0.2, 0) is 28.6 Å². The molecule has 0 saturated heterocycles. The predicted octanol–water partition coefficient (Wildman–Crippen LogP) is 18.0. The summed E-state index contributed by atoms with van der Waals surface area (Å²) in [7, 11) is 0. The highest BCUT2D eigenvalue weighted by atomic mass is 16.6. The van der Waals surface area contributed by atoms with Crippen LogP contribution in [0.2, 0.25) is 0 Å². The lowest BCUT2D eigenvalue weighted by molar-refractivity contribution is -0.166. The van der Waals surface area contributed by atoms with Crippen LogP contribution in [0.15, 0.2) is 85.1 Å². The van der Waals surface area contributed by atoms with Gasteiger partial charge < -0.3 is 14.2 Å². The minimum atomic E-state index is -0.809. The molecule has 0 aromatic carbocycles. The molecule has 0 N–H and O–H groups in total. The number of unbranched alkanes of at least 4 members (excludes halogenated alkanes) is 23. The molecule has 0 aromatic rings. The molecule has 65 heavy (non-hydrogen) atoms. The molecule has 0 heterocycles. The Labute approximate surface area is 401 Å². The van der Waals surface area contributed by atoms with Crippen molar-refractivity contribution in [2.45, 2.75) is 258 Å². The highest BCUT2D eigenvalue weighted by Gasteiger charge is 2.19. The first-order valence-electron chi connectivity index (χ1n) is 27.1. The monoisotopic (exact) mass is 905 g/mol. The van der Waals surface area contributed by atoms with Gasteiger partial charge in [-0.2, -0.15) is 0 Å². The van der Waals surface area contributed by atoms with Gasteiger partial charge in [-0.1, -0.05) is 241 Å². The van der Waals surface area contributed by atoms with Crippen LogP contribution in [0.1, 0.15) is 252 Å². The quantitative estimate of drug-likeness (QED) is 0.0262. The van der Waals surface area contributed by atoms with Crippen LogP contribution in [0.5, 0.6) is 0 Å². The van der Waals surface area contributed by atoms with E-state index < -0.39 is 6.10 Å². The maximum atomic E-state index is 12.8. The second-order valence-corrected chi connectivity index (χ2v) is 17.8. The Balaban J connectivity index is 4.44. The van der Waals surface area contributed by atoms with Crippen molar-refractivity contribution < 1.29 is 28.6 Å². The normalized spacial score (nSPS) is 12.7. The van der Waals surface area contributed by atoms with Gasteiger partial charge in [-0.25, -0.2) is 0 Å². The van der Waals surface area contributed by atoms with E-state index in [9.17, 15) is 14.4 Å². The molecule has 0 saturated carbocycles. The number of rotatable bonds is 48. The molecule has 0 radical (unpaired) electrons. The van der Waals surface area contributed by atoms with Crippen LogP contribution in [0.25, 0.3) is 0 Å². The van der Waals surface area contributed by atoms with Crippen LogP contribution in [-0.4, -0.2) is 37.2 Å². The van der Waals surface area contributed by atoms with Gasteiger partial charge in [0.25, 0.3) is 0 Å². The summed E-state index contributed by atoms with van der Waals surface area (Å²) in [5, 5.41) is 0. The highest BCUT2D eigenvalue weighted by molar-refractivity contribution is 5.71. The fraction of sp³-hybridized carbons (Fsp3) is 0.712. The summed E-state index contributed by atoms with van der Waals surface area (Å²) in [5.74, 6) is -0.996. The van der Waals surface area contributed by atoms with Crippen LogP contribution >= 0.6 is 0 Å². The van der Waals surface area contributed by atoms with E-state index in [-0.39, 0.29) is 37.5 Å². The van der Waals surface area contributed by atoms with Crippen molar-refractivity contribution in [3.05, 3.63) is 85.1 Å². The summed E-state index contributed by atoms with van der Waals surface area (Å²) in [6.07, 6.45) is 68.7. The van der Waals surface area contributed by atoms with Gasteiger partial charge in [-0.3, -0.25) is 14.4 Å². The first-order valence-corrected chi connectivity index (χ1v) is 27.1. The van der Waals surface area contributed by atoms with E-state index >= 15 is 0 Å². The fourth-order valence-electron chi connectivity index (χ4n) is 7.33. The van der Waals surface area contributed by atoms with Gasteiger partial charge in [0.15, 0.2) is 6.10 Å². The molecule has 0 aromatic heterocycles. The van der Waals surface area contributed by atoms with Crippen LogP contribution < -0.4 is 0 Å². The Morgan fingerprint density at radius 1 is 0.323 bits per heavy atom. The molecule has 6 heteroatoms. The number of allylic oxidation sites excluding steroid dienone is 14.